The first kappa shape index (κ1) is 39.2. The van der Waals surface area contributed by atoms with Crippen LogP contribution in [-0.4, -0.2) is 39.1 Å². The number of Topliss-reactive ketones (excluding diaryl/α,β-unsaturated/α-hetero) is 1. The van der Waals surface area contributed by atoms with Crippen molar-refractivity contribution in [1.29, 1.82) is 0 Å². The van der Waals surface area contributed by atoms with Crippen LogP contribution in [-0.2, 0) is 32.0 Å². The lowest BCUT2D eigenvalue weighted by molar-refractivity contribution is -0.233. The summed E-state index contributed by atoms with van der Waals surface area (Å²) in [5.41, 5.74) is 2.01. The zero-order valence-corrected chi connectivity index (χ0v) is 34.7. The highest BCUT2D eigenvalue weighted by Crippen LogP contribution is 2.77. The molecule has 0 spiro atoms. The zero-order valence-electron chi connectivity index (χ0n) is 33.9. The molecular weight excluding hydrogens is 700 g/mol. The molecule has 1 aromatic carbocycles. The van der Waals surface area contributed by atoms with Crippen LogP contribution in [0.15, 0.2) is 39.8 Å². The Kier molecular flexibility index (Phi) is 9.67. The molecule has 2 aromatic rings. The summed E-state index contributed by atoms with van der Waals surface area (Å²) in [7, 11) is 0. The molecule has 8 nitrogen and oxygen atoms in total. The summed E-state index contributed by atoms with van der Waals surface area (Å²) in [6, 6.07) is 7.71. The van der Waals surface area contributed by atoms with Crippen molar-refractivity contribution in [3.05, 3.63) is 57.8 Å². The van der Waals surface area contributed by atoms with E-state index in [2.05, 4.69) is 58.7 Å². The van der Waals surface area contributed by atoms with Crippen molar-refractivity contribution in [1.82, 2.24) is 10.2 Å². The number of carbonyl (C=O) groups is 3. The molecule has 7 rings (SSSR count). The lowest BCUT2D eigenvalue weighted by Crippen LogP contribution is -2.65. The molecule has 8 unspecified atom stereocenters. The SMILES string of the molecule is CC(C)C1=C2C3CCC4C5(C)CCC(OC(=O)CC(C)(C)C(=O)O)C(C)(C)C5CCC4(C)C3(C)CCC2(Cc2nnc(Cc3ccc(Cl)cc3)o2)CC1=O. The topological polar surface area (TPSA) is 120 Å². The molecule has 0 amide bonds. The molecule has 1 aromatic heterocycles. The highest BCUT2D eigenvalue weighted by Gasteiger charge is 2.70. The van der Waals surface area contributed by atoms with Crippen LogP contribution in [0.4, 0.5) is 0 Å². The van der Waals surface area contributed by atoms with E-state index in [1.165, 1.54) is 5.57 Å². The number of carbonyl (C=O) groups excluding carboxylic acids is 2. The van der Waals surface area contributed by atoms with E-state index >= 15 is 0 Å². The second kappa shape index (κ2) is 13.3. The van der Waals surface area contributed by atoms with Crippen molar-refractivity contribution in [2.24, 2.45) is 56.2 Å². The van der Waals surface area contributed by atoms with E-state index in [-0.39, 0.29) is 45.5 Å². The highest BCUT2D eigenvalue weighted by atomic mass is 35.5. The summed E-state index contributed by atoms with van der Waals surface area (Å²) in [6.07, 6.45) is 9.40. The number of aromatic nitrogens is 2. The minimum atomic E-state index is -1.16. The minimum Gasteiger partial charge on any atom is -0.481 e. The molecule has 5 aliphatic rings. The van der Waals surface area contributed by atoms with E-state index in [1.807, 2.05) is 24.3 Å². The number of halogens is 1. The van der Waals surface area contributed by atoms with Gasteiger partial charge in [-0.1, -0.05) is 77.8 Å². The van der Waals surface area contributed by atoms with Gasteiger partial charge in [-0.15, -0.1) is 10.2 Å². The number of hydrogen-bond acceptors (Lipinski definition) is 7. The summed E-state index contributed by atoms with van der Waals surface area (Å²) < 4.78 is 12.5. The number of fused-ring (bicyclic) bond motifs is 7. The predicted molar refractivity (Wildman–Crippen MR) is 208 cm³/mol. The molecular formula is C45H61ClN2O6. The molecule has 4 saturated carbocycles. The third-order valence-electron chi connectivity index (χ3n) is 16.2. The van der Waals surface area contributed by atoms with Gasteiger partial charge in [0.1, 0.15) is 6.10 Å². The van der Waals surface area contributed by atoms with Crippen molar-refractivity contribution in [3.63, 3.8) is 0 Å². The summed E-state index contributed by atoms with van der Waals surface area (Å²) in [5, 5.41) is 19.3. The number of hydrogen-bond donors (Lipinski definition) is 1. The van der Waals surface area contributed by atoms with Gasteiger partial charge in [-0.2, -0.15) is 0 Å². The molecule has 0 radical (unpaired) electrons. The number of carboxylic acid groups (broad SMARTS) is 1. The first-order valence-electron chi connectivity index (χ1n) is 20.4. The lowest BCUT2D eigenvalue weighted by Gasteiger charge is -2.72. The Balaban J connectivity index is 1.15. The van der Waals surface area contributed by atoms with E-state index < -0.39 is 17.4 Å². The lowest BCUT2D eigenvalue weighted by atomic mass is 9.33. The van der Waals surface area contributed by atoms with E-state index in [1.54, 1.807) is 13.8 Å². The molecule has 5 aliphatic carbocycles. The van der Waals surface area contributed by atoms with Crippen molar-refractivity contribution < 1.29 is 28.6 Å². The first-order valence-corrected chi connectivity index (χ1v) is 20.8. The molecule has 9 heteroatoms. The molecule has 0 saturated heterocycles. The summed E-state index contributed by atoms with van der Waals surface area (Å²) in [5.74, 6) is 1.45. The average Bonchev–Trinajstić information content (AvgIpc) is 3.63. The number of esters is 1. The number of aliphatic carboxylic acids is 1. The maximum atomic E-state index is 14.1. The maximum absolute atomic E-state index is 14.1. The fraction of sp³-hybridized carbons (Fsp3) is 0.711. The molecule has 0 aliphatic heterocycles. The van der Waals surface area contributed by atoms with Crippen LogP contribution in [0, 0.1) is 56.2 Å². The van der Waals surface area contributed by atoms with Gasteiger partial charge in [0, 0.05) is 28.7 Å². The van der Waals surface area contributed by atoms with Crippen molar-refractivity contribution in [3.8, 4) is 0 Å². The van der Waals surface area contributed by atoms with Crippen LogP contribution < -0.4 is 0 Å². The zero-order chi connectivity index (χ0) is 39.2. The Hall–Kier alpha value is -3.00. The minimum absolute atomic E-state index is 0.0257. The predicted octanol–water partition coefficient (Wildman–Crippen LogP) is 10.2. The van der Waals surface area contributed by atoms with E-state index in [4.69, 9.17) is 20.8 Å². The Morgan fingerprint density at radius 3 is 2.28 bits per heavy atom. The van der Waals surface area contributed by atoms with Crippen LogP contribution in [0.3, 0.4) is 0 Å². The molecule has 1 heterocycles. The molecule has 4 fully saturated rings. The second-order valence-corrected chi connectivity index (χ2v) is 20.7. The third-order valence-corrected chi connectivity index (χ3v) is 16.5. The smallest absolute Gasteiger partial charge is 0.309 e. The summed E-state index contributed by atoms with van der Waals surface area (Å²) in [4.78, 5) is 39.0. The summed E-state index contributed by atoms with van der Waals surface area (Å²) in [6.45, 7) is 19.8. The van der Waals surface area contributed by atoms with Crippen LogP contribution >= 0.6 is 11.6 Å². The molecule has 1 N–H and O–H groups in total. The molecule has 8 atom stereocenters. The van der Waals surface area contributed by atoms with Gasteiger partial charge in [-0.3, -0.25) is 14.4 Å². The van der Waals surface area contributed by atoms with Gasteiger partial charge < -0.3 is 14.3 Å². The number of allylic oxidation sites excluding steroid dienone is 2. The van der Waals surface area contributed by atoms with E-state index in [0.717, 1.165) is 62.5 Å². The number of carboxylic acids is 1. The molecule has 0 bridgehead atoms. The Bertz CT molecular complexity index is 1860. The van der Waals surface area contributed by atoms with Crippen LogP contribution in [0.1, 0.15) is 144 Å². The van der Waals surface area contributed by atoms with Gasteiger partial charge in [-0.05, 0) is 128 Å². The normalized spacial score (nSPS) is 35.9. The van der Waals surface area contributed by atoms with Crippen LogP contribution in [0.25, 0.3) is 0 Å². The quantitative estimate of drug-likeness (QED) is 0.251. The van der Waals surface area contributed by atoms with Crippen LogP contribution in [0.5, 0.6) is 0 Å². The number of benzene rings is 1. The monoisotopic (exact) mass is 760 g/mol. The largest absolute Gasteiger partial charge is 0.481 e. The maximum Gasteiger partial charge on any atom is 0.309 e. The second-order valence-electron chi connectivity index (χ2n) is 20.3. The third kappa shape index (κ3) is 6.10. The average molecular weight is 761 g/mol. The molecule has 294 valence electrons. The van der Waals surface area contributed by atoms with Crippen molar-refractivity contribution in [2.45, 2.75) is 145 Å². The van der Waals surface area contributed by atoms with Gasteiger partial charge in [0.2, 0.25) is 11.8 Å². The fourth-order valence-corrected chi connectivity index (χ4v) is 13.4. The Labute approximate surface area is 326 Å². The number of rotatable bonds is 9. The fourth-order valence-electron chi connectivity index (χ4n) is 13.3. The summed E-state index contributed by atoms with van der Waals surface area (Å²) >= 11 is 6.11. The van der Waals surface area contributed by atoms with Gasteiger partial charge in [0.05, 0.1) is 18.3 Å². The van der Waals surface area contributed by atoms with E-state index in [9.17, 15) is 19.5 Å². The number of ether oxygens (including phenoxy) is 1. The highest BCUT2D eigenvalue weighted by molar-refractivity contribution is 6.30. The van der Waals surface area contributed by atoms with E-state index in [0.29, 0.717) is 59.6 Å². The van der Waals surface area contributed by atoms with Crippen molar-refractivity contribution >= 4 is 29.3 Å². The number of nitrogens with zero attached hydrogens (tertiary/aromatic N) is 2. The molecule has 54 heavy (non-hydrogen) atoms. The Morgan fingerprint density at radius 2 is 1.61 bits per heavy atom. The Morgan fingerprint density at radius 1 is 0.926 bits per heavy atom. The van der Waals surface area contributed by atoms with Crippen molar-refractivity contribution in [2.75, 3.05) is 0 Å². The number of ketones is 1. The van der Waals surface area contributed by atoms with Gasteiger partial charge in [-0.25, -0.2) is 0 Å². The van der Waals surface area contributed by atoms with Gasteiger partial charge >= 0.3 is 11.9 Å². The first-order chi connectivity index (χ1) is 25.2. The standard InChI is InChI=1S/C45H61ClN2O6/c1-26(2)37-30(49)23-45(24-35-48-47-34(54-35)22-27-10-12-28(46)13-11-27)21-20-43(8)29(38(37)45)14-15-32-42(7)18-17-33(53-36(50)25-40(3,4)39(51)52)41(5,6)31(42)16-19-44(32,43)9/h10-13,26,29,31-33H,14-25H2,1-9H3,(H,51,52). The van der Waals surface area contributed by atoms with Gasteiger partial charge in [0.15, 0.2) is 5.78 Å². The van der Waals surface area contributed by atoms with Crippen LogP contribution in [0.2, 0.25) is 5.02 Å². The van der Waals surface area contributed by atoms with Gasteiger partial charge in [0.25, 0.3) is 0 Å².